The number of nitrogens with two attached hydrogens (primary N) is 1. The van der Waals surface area contributed by atoms with Crippen LogP contribution in [0.4, 0.5) is 0 Å². The van der Waals surface area contributed by atoms with Gasteiger partial charge in [-0.15, -0.1) is 23.7 Å². The second kappa shape index (κ2) is 9.05. The molecule has 6 nitrogen and oxygen atoms in total. The number of hydrogen-bond donors (Lipinski definition) is 3. The molecule has 0 saturated heterocycles. The summed E-state index contributed by atoms with van der Waals surface area (Å²) in [6.07, 6.45) is 1.45. The minimum absolute atomic E-state index is 0. The Kier molecular flexibility index (Phi) is 8.89. The molecule has 0 fully saturated rings. The van der Waals surface area contributed by atoms with Gasteiger partial charge in [0.25, 0.3) is 10.0 Å². The maximum Gasteiger partial charge on any atom is 0.250 e. The summed E-state index contributed by atoms with van der Waals surface area (Å²) in [5.74, 6) is -0.419. The van der Waals surface area contributed by atoms with Gasteiger partial charge in [-0.2, -0.15) is 0 Å². The molecule has 0 radical (unpaired) electrons. The van der Waals surface area contributed by atoms with Gasteiger partial charge in [-0.3, -0.25) is 4.79 Å². The Balaban J connectivity index is 0.00000441. The molecule has 1 amide bonds. The molecule has 0 aliphatic rings. The van der Waals surface area contributed by atoms with E-state index < -0.39 is 21.5 Å². The number of thiophene rings is 1. The van der Waals surface area contributed by atoms with Gasteiger partial charge in [-0.25, -0.2) is 13.1 Å². The number of rotatable bonds is 8. The Morgan fingerprint density at radius 2 is 1.95 bits per heavy atom. The normalized spacial score (nSPS) is 11.8. The van der Waals surface area contributed by atoms with Crippen LogP contribution in [0.5, 0.6) is 0 Å². The fourth-order valence-corrected chi connectivity index (χ4v) is 4.02. The molecule has 0 saturated carbocycles. The highest BCUT2D eigenvalue weighted by atomic mass is 35.5. The van der Waals surface area contributed by atoms with Crippen LogP contribution in [-0.4, -0.2) is 33.0 Å². The van der Waals surface area contributed by atoms with Crippen molar-refractivity contribution in [2.24, 2.45) is 5.73 Å². The SMILES string of the molecule is CCC(N)(CC)CNC(=O)CNS(=O)(=O)c1ccc(Cl)s1.Cl. The Bertz CT molecular complexity index is 586. The molecule has 1 rings (SSSR count). The van der Waals surface area contributed by atoms with E-state index >= 15 is 0 Å². The summed E-state index contributed by atoms with van der Waals surface area (Å²) < 4.78 is 26.5. The maximum atomic E-state index is 11.9. The largest absolute Gasteiger partial charge is 0.353 e. The van der Waals surface area contributed by atoms with Crippen molar-refractivity contribution in [1.29, 1.82) is 0 Å². The van der Waals surface area contributed by atoms with E-state index in [4.69, 9.17) is 17.3 Å². The van der Waals surface area contributed by atoms with Crippen molar-refractivity contribution in [3.8, 4) is 0 Å². The third-order valence-corrected chi connectivity index (χ3v) is 6.41. The van der Waals surface area contributed by atoms with Crippen molar-refractivity contribution in [2.45, 2.75) is 36.4 Å². The summed E-state index contributed by atoms with van der Waals surface area (Å²) in [6.45, 7) is 3.87. The molecule has 4 N–H and O–H groups in total. The Hall–Kier alpha value is -0.380. The van der Waals surface area contributed by atoms with Gasteiger partial charge in [-0.1, -0.05) is 25.4 Å². The fourth-order valence-electron chi connectivity index (χ4n) is 1.51. The van der Waals surface area contributed by atoms with Crippen molar-refractivity contribution >= 4 is 51.3 Å². The average Bonchev–Trinajstić information content (AvgIpc) is 2.90. The van der Waals surface area contributed by atoms with E-state index in [2.05, 4.69) is 10.0 Å². The van der Waals surface area contributed by atoms with Gasteiger partial charge in [0, 0.05) is 12.1 Å². The van der Waals surface area contributed by atoms with Crippen LogP contribution in [0.2, 0.25) is 4.34 Å². The zero-order valence-electron chi connectivity index (χ0n) is 12.4. The molecule has 22 heavy (non-hydrogen) atoms. The van der Waals surface area contributed by atoms with E-state index in [1.807, 2.05) is 13.8 Å². The topological polar surface area (TPSA) is 101 Å². The van der Waals surface area contributed by atoms with Crippen molar-refractivity contribution in [1.82, 2.24) is 10.0 Å². The van der Waals surface area contributed by atoms with Crippen molar-refractivity contribution in [3.05, 3.63) is 16.5 Å². The zero-order valence-corrected chi connectivity index (χ0v) is 15.6. The van der Waals surface area contributed by atoms with Crippen LogP contribution in [0.3, 0.4) is 0 Å². The lowest BCUT2D eigenvalue weighted by atomic mass is 9.94. The van der Waals surface area contributed by atoms with E-state index in [1.165, 1.54) is 12.1 Å². The summed E-state index contributed by atoms with van der Waals surface area (Å²) >= 11 is 6.63. The number of nitrogens with one attached hydrogen (secondary N) is 2. The third-order valence-electron chi connectivity index (χ3n) is 3.28. The standard InChI is InChI=1S/C12H20ClN3O3S2.ClH/c1-3-12(14,4-2)8-15-10(17)7-16-21(18,19)11-6-5-9(13)20-11;/h5-6,16H,3-4,7-8,14H2,1-2H3,(H,15,17);1H. The number of carbonyl (C=O) groups excluding carboxylic acids is 1. The molecule has 0 aliphatic carbocycles. The number of amides is 1. The quantitative estimate of drug-likeness (QED) is 0.629. The molecule has 0 spiro atoms. The highest BCUT2D eigenvalue weighted by Crippen LogP contribution is 2.25. The van der Waals surface area contributed by atoms with Gasteiger partial charge >= 0.3 is 0 Å². The lowest BCUT2D eigenvalue weighted by Gasteiger charge is -2.26. The monoisotopic (exact) mass is 389 g/mol. The molecular weight excluding hydrogens is 369 g/mol. The summed E-state index contributed by atoms with van der Waals surface area (Å²) in [7, 11) is -3.71. The summed E-state index contributed by atoms with van der Waals surface area (Å²) in [5, 5.41) is 2.64. The molecule has 10 heteroatoms. The van der Waals surface area contributed by atoms with Gasteiger partial charge in [0.15, 0.2) is 0 Å². The second-order valence-corrected chi connectivity index (χ2v) is 8.44. The van der Waals surface area contributed by atoms with E-state index in [-0.39, 0.29) is 23.2 Å². The molecular formula is C12H21Cl2N3O3S2. The van der Waals surface area contributed by atoms with Gasteiger partial charge in [0.05, 0.1) is 10.9 Å². The van der Waals surface area contributed by atoms with E-state index in [9.17, 15) is 13.2 Å². The van der Waals surface area contributed by atoms with Gasteiger partial charge < -0.3 is 11.1 Å². The van der Waals surface area contributed by atoms with E-state index in [0.29, 0.717) is 10.9 Å². The zero-order chi connectivity index (χ0) is 16.1. The third kappa shape index (κ3) is 6.39. The van der Waals surface area contributed by atoms with Gasteiger partial charge in [0.1, 0.15) is 4.21 Å². The second-order valence-electron chi connectivity index (χ2n) is 4.73. The number of carbonyl (C=O) groups is 1. The molecule has 0 aliphatic heterocycles. The van der Waals surface area contributed by atoms with Crippen LogP contribution in [-0.2, 0) is 14.8 Å². The van der Waals surface area contributed by atoms with Crippen LogP contribution in [0, 0.1) is 0 Å². The van der Waals surface area contributed by atoms with Crippen molar-refractivity contribution in [3.63, 3.8) is 0 Å². The first-order valence-electron chi connectivity index (χ1n) is 6.53. The van der Waals surface area contributed by atoms with Crippen LogP contribution >= 0.6 is 35.3 Å². The minimum Gasteiger partial charge on any atom is -0.353 e. The highest BCUT2D eigenvalue weighted by molar-refractivity contribution is 7.91. The number of hydrogen-bond acceptors (Lipinski definition) is 5. The molecule has 1 heterocycles. The Morgan fingerprint density at radius 1 is 1.36 bits per heavy atom. The van der Waals surface area contributed by atoms with Crippen LogP contribution < -0.4 is 15.8 Å². The molecule has 128 valence electrons. The molecule has 0 aromatic carbocycles. The lowest BCUT2D eigenvalue weighted by molar-refractivity contribution is -0.120. The minimum atomic E-state index is -3.71. The Morgan fingerprint density at radius 3 is 2.41 bits per heavy atom. The van der Waals surface area contributed by atoms with Crippen LogP contribution in [0.1, 0.15) is 26.7 Å². The first-order valence-corrected chi connectivity index (χ1v) is 9.21. The smallest absolute Gasteiger partial charge is 0.250 e. The van der Waals surface area contributed by atoms with Crippen LogP contribution in [0.25, 0.3) is 0 Å². The van der Waals surface area contributed by atoms with E-state index in [1.54, 1.807) is 0 Å². The average molecular weight is 390 g/mol. The molecule has 0 atom stereocenters. The fraction of sp³-hybridized carbons (Fsp3) is 0.583. The number of halogens is 2. The number of sulfonamides is 1. The lowest BCUT2D eigenvalue weighted by Crippen LogP contribution is -2.50. The van der Waals surface area contributed by atoms with Gasteiger partial charge in [0.2, 0.25) is 5.91 Å². The van der Waals surface area contributed by atoms with Crippen molar-refractivity contribution < 1.29 is 13.2 Å². The molecule has 0 bridgehead atoms. The molecule has 1 aromatic rings. The van der Waals surface area contributed by atoms with E-state index in [0.717, 1.165) is 24.2 Å². The maximum absolute atomic E-state index is 11.9. The van der Waals surface area contributed by atoms with Gasteiger partial charge in [-0.05, 0) is 25.0 Å². The molecule has 0 unspecified atom stereocenters. The predicted octanol–water partition coefficient (Wildman–Crippen LogP) is 1.74. The summed E-state index contributed by atoms with van der Waals surface area (Å²) in [6, 6.07) is 2.89. The van der Waals surface area contributed by atoms with Crippen molar-refractivity contribution in [2.75, 3.05) is 13.1 Å². The summed E-state index contributed by atoms with van der Waals surface area (Å²) in [5.41, 5.74) is 5.59. The first kappa shape index (κ1) is 21.6. The predicted molar refractivity (Wildman–Crippen MR) is 92.3 cm³/mol. The molecule has 1 aromatic heterocycles. The van der Waals surface area contributed by atoms with Crippen LogP contribution in [0.15, 0.2) is 16.3 Å². The first-order chi connectivity index (χ1) is 9.72. The highest BCUT2D eigenvalue weighted by Gasteiger charge is 2.22. The summed E-state index contributed by atoms with van der Waals surface area (Å²) in [4.78, 5) is 11.7. The Labute approximate surface area is 146 Å².